The van der Waals surface area contributed by atoms with Gasteiger partial charge in [0.1, 0.15) is 0 Å². The second-order valence-corrected chi connectivity index (χ2v) is 5.37. The molecule has 1 aliphatic heterocycles. The van der Waals surface area contributed by atoms with E-state index in [0.29, 0.717) is 17.4 Å². The van der Waals surface area contributed by atoms with Gasteiger partial charge in [-0.2, -0.15) is 0 Å². The van der Waals surface area contributed by atoms with Gasteiger partial charge < -0.3 is 15.1 Å². The molecule has 1 aromatic rings. The molecule has 0 aliphatic carbocycles. The Bertz CT molecular complexity index is 463. The third-order valence-electron chi connectivity index (χ3n) is 3.14. The van der Waals surface area contributed by atoms with Crippen LogP contribution in [0.15, 0.2) is 24.3 Å². The monoisotopic (exact) mass is 313 g/mol. The van der Waals surface area contributed by atoms with Gasteiger partial charge >= 0.3 is 0 Å². The zero-order valence-electron chi connectivity index (χ0n) is 10.1. The highest BCUT2D eigenvalue weighted by molar-refractivity contribution is 9.09. The van der Waals surface area contributed by atoms with E-state index in [0.717, 1.165) is 5.69 Å². The largest absolute Gasteiger partial charge is 0.393 e. The molecule has 0 saturated carbocycles. The Kier molecular flexibility index (Phi) is 3.75. The van der Waals surface area contributed by atoms with Crippen molar-refractivity contribution in [3.63, 3.8) is 0 Å². The standard InChI is InChI=1S/C13H16BrNO3/c1-9(16)8-13(18)10-4-2-3-5-11(10)15(7-6-14)12(13)17/h2-5,9,16,18H,6-8H2,1H3/t9-,13-/m0/s1. The fraction of sp³-hybridized carbons (Fsp3) is 0.462. The van der Waals surface area contributed by atoms with Crippen molar-refractivity contribution in [3.8, 4) is 0 Å². The molecule has 18 heavy (non-hydrogen) atoms. The third-order valence-corrected chi connectivity index (χ3v) is 3.49. The number of hydrogen-bond acceptors (Lipinski definition) is 3. The van der Waals surface area contributed by atoms with Gasteiger partial charge in [-0.25, -0.2) is 0 Å². The fourth-order valence-corrected chi connectivity index (χ4v) is 2.79. The lowest BCUT2D eigenvalue weighted by atomic mass is 9.90. The minimum absolute atomic E-state index is 0.0155. The molecule has 0 radical (unpaired) electrons. The van der Waals surface area contributed by atoms with Crippen LogP contribution in [0, 0.1) is 0 Å². The Morgan fingerprint density at radius 1 is 1.44 bits per heavy atom. The first-order valence-electron chi connectivity index (χ1n) is 5.88. The highest BCUT2D eigenvalue weighted by Gasteiger charge is 2.49. The van der Waals surface area contributed by atoms with E-state index in [2.05, 4.69) is 15.9 Å². The number of para-hydroxylation sites is 1. The van der Waals surface area contributed by atoms with Crippen molar-refractivity contribution in [3.05, 3.63) is 29.8 Å². The summed E-state index contributed by atoms with van der Waals surface area (Å²) in [6.07, 6.45) is -0.724. The normalized spacial score (nSPS) is 24.2. The van der Waals surface area contributed by atoms with Crippen molar-refractivity contribution in [2.24, 2.45) is 0 Å². The minimum atomic E-state index is -1.60. The molecular weight excluding hydrogens is 298 g/mol. The van der Waals surface area contributed by atoms with Crippen LogP contribution in [0.4, 0.5) is 5.69 Å². The summed E-state index contributed by atoms with van der Waals surface area (Å²) in [5, 5.41) is 20.7. The maximum Gasteiger partial charge on any atom is 0.263 e. The van der Waals surface area contributed by atoms with E-state index in [4.69, 9.17) is 0 Å². The van der Waals surface area contributed by atoms with Gasteiger partial charge in [-0.1, -0.05) is 34.1 Å². The molecule has 5 heteroatoms. The molecule has 1 aromatic carbocycles. The first-order valence-corrected chi connectivity index (χ1v) is 7.00. The summed E-state index contributed by atoms with van der Waals surface area (Å²) in [5.41, 5.74) is -0.297. The second-order valence-electron chi connectivity index (χ2n) is 4.58. The fourth-order valence-electron chi connectivity index (χ4n) is 2.44. The molecule has 0 saturated heterocycles. The number of rotatable bonds is 4. The number of anilines is 1. The van der Waals surface area contributed by atoms with E-state index in [1.54, 1.807) is 24.0 Å². The van der Waals surface area contributed by atoms with Crippen LogP contribution in [0.1, 0.15) is 18.9 Å². The first kappa shape index (κ1) is 13.5. The molecule has 1 aliphatic rings. The van der Waals surface area contributed by atoms with E-state index >= 15 is 0 Å². The van der Waals surface area contributed by atoms with Crippen LogP contribution < -0.4 is 4.90 Å². The Morgan fingerprint density at radius 3 is 2.72 bits per heavy atom. The number of nitrogens with zero attached hydrogens (tertiary/aromatic N) is 1. The van der Waals surface area contributed by atoms with E-state index in [1.807, 2.05) is 12.1 Å². The molecule has 4 nitrogen and oxygen atoms in total. The lowest BCUT2D eigenvalue weighted by Crippen LogP contribution is -2.42. The topological polar surface area (TPSA) is 60.8 Å². The number of carbonyl (C=O) groups is 1. The SMILES string of the molecule is C[C@H](O)C[C@@]1(O)C(=O)N(CCBr)c2ccccc21. The van der Waals surface area contributed by atoms with Gasteiger partial charge in [-0.15, -0.1) is 0 Å². The van der Waals surface area contributed by atoms with E-state index in [-0.39, 0.29) is 12.3 Å². The van der Waals surface area contributed by atoms with Crippen LogP contribution in [-0.4, -0.2) is 34.1 Å². The average molecular weight is 314 g/mol. The van der Waals surface area contributed by atoms with E-state index < -0.39 is 11.7 Å². The molecule has 2 rings (SSSR count). The summed E-state index contributed by atoms with van der Waals surface area (Å²) in [4.78, 5) is 13.9. The number of carbonyl (C=O) groups excluding carboxylic acids is 1. The number of hydrogen-bond donors (Lipinski definition) is 2. The molecule has 1 heterocycles. The first-order chi connectivity index (χ1) is 8.50. The Labute approximate surface area is 114 Å². The molecule has 0 aromatic heterocycles. The van der Waals surface area contributed by atoms with Gasteiger partial charge in [0.25, 0.3) is 5.91 Å². The second kappa shape index (κ2) is 4.99. The van der Waals surface area contributed by atoms with Gasteiger partial charge in [0.05, 0.1) is 11.8 Å². The summed E-state index contributed by atoms with van der Waals surface area (Å²) in [5.74, 6) is -0.357. The van der Waals surface area contributed by atoms with Gasteiger partial charge in [0, 0.05) is 23.9 Å². The maximum atomic E-state index is 12.4. The van der Waals surface area contributed by atoms with Crippen LogP contribution in [-0.2, 0) is 10.4 Å². The van der Waals surface area contributed by atoms with Gasteiger partial charge in [0.15, 0.2) is 5.60 Å². The van der Waals surface area contributed by atoms with Crippen LogP contribution in [0.5, 0.6) is 0 Å². The number of aliphatic hydroxyl groups excluding tert-OH is 1. The molecule has 0 spiro atoms. The van der Waals surface area contributed by atoms with Crippen molar-refractivity contribution in [1.29, 1.82) is 0 Å². The molecule has 1 amide bonds. The highest BCUT2D eigenvalue weighted by atomic mass is 79.9. The number of amides is 1. The van der Waals surface area contributed by atoms with Crippen molar-refractivity contribution in [1.82, 2.24) is 0 Å². The summed E-state index contributed by atoms with van der Waals surface area (Å²) >= 11 is 3.30. The van der Waals surface area contributed by atoms with Crippen molar-refractivity contribution < 1.29 is 15.0 Å². The summed E-state index contributed by atoms with van der Waals surface area (Å²) in [6, 6.07) is 7.18. The number of halogens is 1. The highest BCUT2D eigenvalue weighted by Crippen LogP contribution is 2.42. The van der Waals surface area contributed by atoms with Crippen molar-refractivity contribution in [2.45, 2.75) is 25.0 Å². The quantitative estimate of drug-likeness (QED) is 0.826. The molecule has 2 N–H and O–H groups in total. The summed E-state index contributed by atoms with van der Waals surface area (Å²) in [7, 11) is 0. The Balaban J connectivity index is 2.47. The zero-order valence-corrected chi connectivity index (χ0v) is 11.7. The van der Waals surface area contributed by atoms with Gasteiger partial charge in [-0.3, -0.25) is 4.79 Å². The number of fused-ring (bicyclic) bond motifs is 1. The lowest BCUT2D eigenvalue weighted by Gasteiger charge is -2.24. The van der Waals surface area contributed by atoms with Gasteiger partial charge in [-0.05, 0) is 13.0 Å². The molecular formula is C13H16BrNO3. The van der Waals surface area contributed by atoms with Crippen LogP contribution in [0.2, 0.25) is 0 Å². The number of benzene rings is 1. The minimum Gasteiger partial charge on any atom is -0.393 e. The predicted molar refractivity (Wildman–Crippen MR) is 72.8 cm³/mol. The van der Waals surface area contributed by atoms with Gasteiger partial charge in [0.2, 0.25) is 0 Å². The third kappa shape index (κ3) is 2.06. The van der Waals surface area contributed by atoms with Crippen molar-refractivity contribution >= 4 is 27.5 Å². The molecule has 2 atom stereocenters. The molecule has 0 unspecified atom stereocenters. The summed E-state index contributed by atoms with van der Waals surface area (Å²) in [6.45, 7) is 2.07. The number of alkyl halides is 1. The Hall–Kier alpha value is -0.910. The molecule has 98 valence electrons. The number of aliphatic hydroxyl groups is 2. The van der Waals surface area contributed by atoms with E-state index in [9.17, 15) is 15.0 Å². The maximum absolute atomic E-state index is 12.4. The molecule has 0 fully saturated rings. The molecule has 0 bridgehead atoms. The predicted octanol–water partition coefficient (Wildman–Crippen LogP) is 1.39. The average Bonchev–Trinajstić information content (AvgIpc) is 2.52. The zero-order chi connectivity index (χ0) is 13.3. The smallest absolute Gasteiger partial charge is 0.263 e. The van der Waals surface area contributed by atoms with Crippen molar-refractivity contribution in [2.75, 3.05) is 16.8 Å². The summed E-state index contributed by atoms with van der Waals surface area (Å²) < 4.78 is 0. The van der Waals surface area contributed by atoms with E-state index in [1.165, 1.54) is 0 Å². The van der Waals surface area contributed by atoms with Crippen LogP contribution >= 0.6 is 15.9 Å². The van der Waals surface area contributed by atoms with Crippen LogP contribution in [0.3, 0.4) is 0 Å². The van der Waals surface area contributed by atoms with Crippen LogP contribution in [0.25, 0.3) is 0 Å². The lowest BCUT2D eigenvalue weighted by molar-refractivity contribution is -0.139. The Morgan fingerprint density at radius 2 is 2.11 bits per heavy atom.